The molecule has 2 heterocycles. The van der Waals surface area contributed by atoms with Crippen molar-refractivity contribution in [1.29, 1.82) is 0 Å². The van der Waals surface area contributed by atoms with Crippen LogP contribution in [-0.2, 0) is 0 Å². The maximum Gasteiger partial charge on any atom is 0.274 e. The van der Waals surface area contributed by atoms with Gasteiger partial charge in [-0.2, -0.15) is 0 Å². The summed E-state index contributed by atoms with van der Waals surface area (Å²) in [5.74, 6) is -0.0945. The molecule has 1 aromatic rings. The Hall–Kier alpha value is -1.01. The van der Waals surface area contributed by atoms with E-state index in [2.05, 4.69) is 25.9 Å². The van der Waals surface area contributed by atoms with Gasteiger partial charge in [0.1, 0.15) is 10.3 Å². The van der Waals surface area contributed by atoms with Gasteiger partial charge in [0.25, 0.3) is 5.91 Å². The molecular weight excluding hydrogens is 260 g/mol. The van der Waals surface area contributed by atoms with Gasteiger partial charge in [0, 0.05) is 19.1 Å². The zero-order chi connectivity index (χ0) is 10.8. The van der Waals surface area contributed by atoms with Gasteiger partial charge in [0.15, 0.2) is 0 Å². The molecule has 1 saturated heterocycles. The van der Waals surface area contributed by atoms with Crippen LogP contribution in [0.25, 0.3) is 0 Å². The monoisotopic (exact) mass is 270 g/mol. The summed E-state index contributed by atoms with van der Waals surface area (Å²) in [7, 11) is 0. The van der Waals surface area contributed by atoms with Crippen molar-refractivity contribution in [3.05, 3.63) is 22.7 Å². The maximum atomic E-state index is 11.9. The van der Waals surface area contributed by atoms with Crippen molar-refractivity contribution in [2.24, 2.45) is 5.73 Å². The second-order valence-corrected chi connectivity index (χ2v) is 4.34. The number of nitrogens with two attached hydrogens (primary N) is 1. The molecule has 0 aromatic carbocycles. The molecule has 2 N–H and O–H groups in total. The Labute approximate surface area is 95.8 Å². The van der Waals surface area contributed by atoms with E-state index >= 15 is 0 Å². The standard InChI is InChI=1S/C9H11BrN4O/c10-8-4-12-7(3-13-8)9(15)14-2-1-6(11)5-14/h3-4,6H,1-2,5,11H2. The minimum absolute atomic E-state index is 0.0945. The molecule has 0 saturated carbocycles. The third-order valence-electron chi connectivity index (χ3n) is 2.35. The van der Waals surface area contributed by atoms with E-state index in [-0.39, 0.29) is 11.9 Å². The topological polar surface area (TPSA) is 72.1 Å². The van der Waals surface area contributed by atoms with Crippen LogP contribution < -0.4 is 5.73 Å². The summed E-state index contributed by atoms with van der Waals surface area (Å²) < 4.78 is 0.622. The minimum Gasteiger partial charge on any atom is -0.336 e. The number of aromatic nitrogens is 2. The first-order valence-corrected chi connectivity index (χ1v) is 5.48. The summed E-state index contributed by atoms with van der Waals surface area (Å²) in [6.07, 6.45) is 3.84. The third-order valence-corrected chi connectivity index (χ3v) is 2.76. The molecule has 1 amide bonds. The van der Waals surface area contributed by atoms with Gasteiger partial charge in [0.2, 0.25) is 0 Å². The molecule has 1 aliphatic rings. The third kappa shape index (κ3) is 2.32. The molecule has 0 bridgehead atoms. The van der Waals surface area contributed by atoms with Crippen molar-refractivity contribution >= 4 is 21.8 Å². The van der Waals surface area contributed by atoms with Crippen LogP contribution in [0, 0.1) is 0 Å². The first-order valence-electron chi connectivity index (χ1n) is 4.69. The Morgan fingerprint density at radius 1 is 1.53 bits per heavy atom. The highest BCUT2D eigenvalue weighted by atomic mass is 79.9. The lowest BCUT2D eigenvalue weighted by Crippen LogP contribution is -2.32. The number of carbonyl (C=O) groups is 1. The van der Waals surface area contributed by atoms with Gasteiger partial charge in [-0.25, -0.2) is 9.97 Å². The molecule has 0 aliphatic carbocycles. The summed E-state index contributed by atoms with van der Waals surface area (Å²) in [5.41, 5.74) is 6.10. The number of carbonyl (C=O) groups excluding carboxylic acids is 1. The van der Waals surface area contributed by atoms with Crippen LogP contribution >= 0.6 is 15.9 Å². The minimum atomic E-state index is -0.0945. The molecule has 1 unspecified atom stereocenters. The van der Waals surface area contributed by atoms with E-state index in [4.69, 9.17) is 5.73 Å². The molecule has 6 heteroatoms. The number of amides is 1. The second-order valence-electron chi connectivity index (χ2n) is 3.52. The predicted molar refractivity (Wildman–Crippen MR) is 58.2 cm³/mol. The molecule has 1 fully saturated rings. The van der Waals surface area contributed by atoms with Crippen molar-refractivity contribution in [1.82, 2.24) is 14.9 Å². The van der Waals surface area contributed by atoms with E-state index in [1.165, 1.54) is 12.4 Å². The molecule has 1 atom stereocenters. The average molecular weight is 271 g/mol. The molecular formula is C9H11BrN4O. The lowest BCUT2D eigenvalue weighted by atomic mass is 10.3. The molecule has 0 radical (unpaired) electrons. The normalized spacial score (nSPS) is 20.7. The van der Waals surface area contributed by atoms with Gasteiger partial charge in [0.05, 0.1) is 12.4 Å². The van der Waals surface area contributed by atoms with Crippen molar-refractivity contribution in [2.45, 2.75) is 12.5 Å². The zero-order valence-corrected chi connectivity index (χ0v) is 9.64. The number of halogens is 1. The van der Waals surface area contributed by atoms with Gasteiger partial charge in [-0.1, -0.05) is 0 Å². The number of hydrogen-bond donors (Lipinski definition) is 1. The Kier molecular flexibility index (Phi) is 2.97. The Morgan fingerprint density at radius 2 is 2.33 bits per heavy atom. The summed E-state index contributed by atoms with van der Waals surface area (Å²) >= 11 is 3.17. The van der Waals surface area contributed by atoms with Crippen molar-refractivity contribution in [2.75, 3.05) is 13.1 Å². The van der Waals surface area contributed by atoms with Gasteiger partial charge in [-0.15, -0.1) is 0 Å². The van der Waals surface area contributed by atoms with Crippen molar-refractivity contribution in [3.63, 3.8) is 0 Å². The maximum absolute atomic E-state index is 11.9. The average Bonchev–Trinajstić information content (AvgIpc) is 2.65. The van der Waals surface area contributed by atoms with Crippen LogP contribution in [0.4, 0.5) is 0 Å². The van der Waals surface area contributed by atoms with Crippen LogP contribution in [0.15, 0.2) is 17.0 Å². The van der Waals surface area contributed by atoms with E-state index in [1.54, 1.807) is 4.90 Å². The number of likely N-dealkylation sites (tertiary alicyclic amines) is 1. The number of hydrogen-bond acceptors (Lipinski definition) is 4. The summed E-state index contributed by atoms with van der Waals surface area (Å²) in [4.78, 5) is 21.5. The second kappa shape index (κ2) is 4.24. The van der Waals surface area contributed by atoms with Crippen LogP contribution in [0.1, 0.15) is 16.9 Å². The highest BCUT2D eigenvalue weighted by Gasteiger charge is 2.25. The largest absolute Gasteiger partial charge is 0.336 e. The van der Waals surface area contributed by atoms with Crippen molar-refractivity contribution in [3.8, 4) is 0 Å². The lowest BCUT2D eigenvalue weighted by molar-refractivity contribution is 0.0784. The summed E-state index contributed by atoms with van der Waals surface area (Å²) in [6.45, 7) is 1.31. The SMILES string of the molecule is NC1CCN(C(=O)c2cnc(Br)cn2)C1. The highest BCUT2D eigenvalue weighted by Crippen LogP contribution is 2.11. The predicted octanol–water partition coefficient (Wildman–Crippen LogP) is 0.412. The molecule has 0 spiro atoms. The number of rotatable bonds is 1. The van der Waals surface area contributed by atoms with Crippen LogP contribution in [-0.4, -0.2) is 39.9 Å². The fraction of sp³-hybridized carbons (Fsp3) is 0.444. The molecule has 2 rings (SSSR count). The molecule has 1 aliphatic heterocycles. The molecule has 1 aromatic heterocycles. The first kappa shape index (κ1) is 10.5. The van der Waals surface area contributed by atoms with Crippen LogP contribution in [0.3, 0.4) is 0 Å². The zero-order valence-electron chi connectivity index (χ0n) is 8.06. The fourth-order valence-electron chi connectivity index (χ4n) is 1.56. The Morgan fingerprint density at radius 3 is 2.87 bits per heavy atom. The van der Waals surface area contributed by atoms with E-state index in [0.29, 0.717) is 23.4 Å². The van der Waals surface area contributed by atoms with Gasteiger partial charge in [-0.05, 0) is 22.4 Å². The summed E-state index contributed by atoms with van der Waals surface area (Å²) in [6, 6.07) is 0.0948. The Balaban J connectivity index is 2.11. The van der Waals surface area contributed by atoms with E-state index in [9.17, 15) is 4.79 Å². The van der Waals surface area contributed by atoms with E-state index in [0.717, 1.165) is 6.42 Å². The van der Waals surface area contributed by atoms with E-state index < -0.39 is 0 Å². The molecule has 15 heavy (non-hydrogen) atoms. The van der Waals surface area contributed by atoms with Crippen LogP contribution in [0.5, 0.6) is 0 Å². The van der Waals surface area contributed by atoms with Gasteiger partial charge >= 0.3 is 0 Å². The highest BCUT2D eigenvalue weighted by molar-refractivity contribution is 9.10. The molecule has 5 nitrogen and oxygen atoms in total. The van der Waals surface area contributed by atoms with Crippen LogP contribution in [0.2, 0.25) is 0 Å². The quantitative estimate of drug-likeness (QED) is 0.803. The summed E-state index contributed by atoms with van der Waals surface area (Å²) in [5, 5.41) is 0. The van der Waals surface area contributed by atoms with E-state index in [1.807, 2.05) is 0 Å². The fourth-order valence-corrected chi connectivity index (χ4v) is 1.76. The van der Waals surface area contributed by atoms with Crippen molar-refractivity contribution < 1.29 is 4.79 Å². The lowest BCUT2D eigenvalue weighted by Gasteiger charge is -2.14. The smallest absolute Gasteiger partial charge is 0.274 e. The number of nitrogens with zero attached hydrogens (tertiary/aromatic N) is 3. The molecule has 80 valence electrons. The Bertz CT molecular complexity index is 367. The van der Waals surface area contributed by atoms with Gasteiger partial charge < -0.3 is 10.6 Å². The van der Waals surface area contributed by atoms with Gasteiger partial charge in [-0.3, -0.25) is 4.79 Å². The first-order chi connectivity index (χ1) is 7.16.